The second kappa shape index (κ2) is 9.44. The van der Waals surface area contributed by atoms with Gasteiger partial charge in [-0.3, -0.25) is 4.98 Å². The lowest BCUT2D eigenvalue weighted by molar-refractivity contribution is 0.477. The number of rotatable bonds is 3. The van der Waals surface area contributed by atoms with Gasteiger partial charge >= 0.3 is 0 Å². The van der Waals surface area contributed by atoms with Crippen molar-refractivity contribution in [3.63, 3.8) is 0 Å². The van der Waals surface area contributed by atoms with E-state index in [1.54, 1.807) is 17.5 Å². The van der Waals surface area contributed by atoms with Crippen LogP contribution in [0.3, 0.4) is 0 Å². The fourth-order valence-electron chi connectivity index (χ4n) is 5.85. The second-order valence-corrected chi connectivity index (χ2v) is 11.4. The van der Waals surface area contributed by atoms with Crippen LogP contribution in [0, 0.1) is 0 Å². The van der Waals surface area contributed by atoms with Crippen LogP contribution in [0.25, 0.3) is 20.8 Å². The van der Waals surface area contributed by atoms with Gasteiger partial charge in [0.2, 0.25) is 0 Å². The minimum atomic E-state index is 0.807. The lowest BCUT2D eigenvalue weighted by Gasteiger charge is -2.35. The number of anilines is 6. The van der Waals surface area contributed by atoms with Gasteiger partial charge in [-0.2, -0.15) is 0 Å². The van der Waals surface area contributed by atoms with E-state index in [-0.39, 0.29) is 0 Å². The van der Waals surface area contributed by atoms with Gasteiger partial charge in [0.1, 0.15) is 5.01 Å². The average Bonchev–Trinajstić information content (AvgIpc) is 3.50. The largest absolute Gasteiger partial charge is 0.453 e. The first-order valence-electron chi connectivity index (χ1n) is 14.0. The molecule has 0 saturated heterocycles. The van der Waals surface area contributed by atoms with Crippen molar-refractivity contribution >= 4 is 55.7 Å². The summed E-state index contributed by atoms with van der Waals surface area (Å²) in [4.78, 5) is 13.9. The maximum atomic E-state index is 6.34. The van der Waals surface area contributed by atoms with Crippen molar-refractivity contribution in [2.75, 3.05) is 9.80 Å². The summed E-state index contributed by atoms with van der Waals surface area (Å²) in [5.41, 5.74) is 7.83. The fraction of sp³-hybridized carbons (Fsp3) is 0. The third-order valence-electron chi connectivity index (χ3n) is 7.72. The van der Waals surface area contributed by atoms with E-state index in [1.165, 1.54) is 0 Å². The number of ether oxygens (including phenoxy) is 2. The molecule has 43 heavy (non-hydrogen) atoms. The summed E-state index contributed by atoms with van der Waals surface area (Å²) >= 11 is 1.64. The van der Waals surface area contributed by atoms with E-state index in [9.17, 15) is 0 Å². The van der Waals surface area contributed by atoms with Crippen LogP contribution in [-0.2, 0) is 0 Å². The van der Waals surface area contributed by atoms with Crippen molar-refractivity contribution in [2.24, 2.45) is 0 Å². The normalized spacial score (nSPS) is 12.9. The van der Waals surface area contributed by atoms with Crippen LogP contribution in [0.15, 0.2) is 134 Å². The maximum Gasteiger partial charge on any atom is 0.151 e. The van der Waals surface area contributed by atoms with Crippen LogP contribution in [0.5, 0.6) is 23.0 Å². The van der Waals surface area contributed by atoms with Gasteiger partial charge in [-0.25, -0.2) is 4.98 Å². The van der Waals surface area contributed by atoms with Gasteiger partial charge in [0.05, 0.1) is 33.0 Å². The average molecular weight is 575 g/mol. The Hall–Kier alpha value is -5.66. The third-order valence-corrected chi connectivity index (χ3v) is 8.78. The molecule has 9 rings (SSSR count). The molecule has 2 aliphatic rings. The van der Waals surface area contributed by atoms with E-state index in [2.05, 4.69) is 57.2 Å². The summed E-state index contributed by atoms with van der Waals surface area (Å²) in [5, 5.41) is 0.927. The van der Waals surface area contributed by atoms with Crippen molar-refractivity contribution in [3.05, 3.63) is 134 Å². The highest BCUT2D eigenvalue weighted by Gasteiger charge is 2.29. The zero-order valence-electron chi connectivity index (χ0n) is 22.7. The first-order valence-corrected chi connectivity index (χ1v) is 14.8. The minimum absolute atomic E-state index is 0.807. The number of fused-ring (bicyclic) bond motifs is 5. The summed E-state index contributed by atoms with van der Waals surface area (Å²) in [5.74, 6) is 3.23. The molecule has 0 saturated carbocycles. The summed E-state index contributed by atoms with van der Waals surface area (Å²) < 4.78 is 13.7. The number of para-hydroxylation sites is 8. The highest BCUT2D eigenvalue weighted by Crippen LogP contribution is 2.54. The Labute approximate surface area is 251 Å². The summed E-state index contributed by atoms with van der Waals surface area (Å²) in [7, 11) is 0. The van der Waals surface area contributed by atoms with E-state index >= 15 is 0 Å². The molecule has 0 fully saturated rings. The molecule has 7 heteroatoms. The minimum Gasteiger partial charge on any atom is -0.453 e. The van der Waals surface area contributed by atoms with Gasteiger partial charge in [-0.05, 0) is 72.8 Å². The van der Waals surface area contributed by atoms with Crippen LogP contribution >= 0.6 is 11.3 Å². The van der Waals surface area contributed by atoms with Crippen molar-refractivity contribution in [2.45, 2.75) is 0 Å². The van der Waals surface area contributed by atoms with Crippen molar-refractivity contribution < 1.29 is 9.47 Å². The van der Waals surface area contributed by atoms with Gasteiger partial charge in [-0.1, -0.05) is 48.5 Å². The first-order chi connectivity index (χ1) is 21.3. The number of aromatic nitrogens is 2. The predicted molar refractivity (Wildman–Crippen MR) is 172 cm³/mol. The Balaban J connectivity index is 1.32. The first kappa shape index (κ1) is 24.0. The van der Waals surface area contributed by atoms with E-state index in [0.717, 1.165) is 77.9 Å². The molecule has 0 N–H and O–H groups in total. The monoisotopic (exact) mass is 574 g/mol. The Bertz CT molecular complexity index is 1950. The van der Waals surface area contributed by atoms with Crippen LogP contribution < -0.4 is 19.3 Å². The summed E-state index contributed by atoms with van der Waals surface area (Å²) in [6.07, 6.45) is 3.67. The summed E-state index contributed by atoms with van der Waals surface area (Å²) in [6.45, 7) is 0. The molecular weight excluding hydrogens is 552 g/mol. The molecule has 0 unspecified atom stereocenters. The van der Waals surface area contributed by atoms with E-state index in [1.807, 2.05) is 85.1 Å². The zero-order chi connectivity index (χ0) is 28.3. The van der Waals surface area contributed by atoms with Crippen LogP contribution in [0.1, 0.15) is 0 Å². The smallest absolute Gasteiger partial charge is 0.151 e. The number of hydrogen-bond donors (Lipinski definition) is 0. The molecule has 0 atom stereocenters. The highest BCUT2D eigenvalue weighted by atomic mass is 32.1. The molecule has 6 nitrogen and oxygen atoms in total. The molecule has 2 aliphatic heterocycles. The number of nitrogens with zero attached hydrogens (tertiary/aromatic N) is 4. The van der Waals surface area contributed by atoms with E-state index in [4.69, 9.17) is 14.5 Å². The number of benzene rings is 5. The van der Waals surface area contributed by atoms with Gasteiger partial charge in [0.15, 0.2) is 23.0 Å². The number of pyridine rings is 1. The topological polar surface area (TPSA) is 50.7 Å². The highest BCUT2D eigenvalue weighted by molar-refractivity contribution is 7.21. The van der Waals surface area contributed by atoms with Crippen molar-refractivity contribution in [3.8, 4) is 33.6 Å². The van der Waals surface area contributed by atoms with Gasteiger partial charge < -0.3 is 19.3 Å². The van der Waals surface area contributed by atoms with Crippen molar-refractivity contribution in [1.29, 1.82) is 0 Å². The second-order valence-electron chi connectivity index (χ2n) is 10.3. The Morgan fingerprint density at radius 1 is 0.535 bits per heavy atom. The fourth-order valence-corrected chi connectivity index (χ4v) is 6.77. The molecule has 0 aliphatic carbocycles. The van der Waals surface area contributed by atoms with E-state index in [0.29, 0.717) is 0 Å². The van der Waals surface area contributed by atoms with Crippen LogP contribution in [0.4, 0.5) is 34.1 Å². The van der Waals surface area contributed by atoms with E-state index < -0.39 is 0 Å². The number of thiazole rings is 1. The van der Waals surface area contributed by atoms with Gasteiger partial charge in [0.25, 0.3) is 0 Å². The lowest BCUT2D eigenvalue weighted by Crippen LogP contribution is -2.18. The molecule has 7 aromatic rings. The van der Waals surface area contributed by atoms with Crippen LogP contribution in [0.2, 0.25) is 0 Å². The molecule has 0 amide bonds. The summed E-state index contributed by atoms with van der Waals surface area (Å²) in [6, 6.07) is 41.3. The molecule has 4 heterocycles. The maximum absolute atomic E-state index is 6.34. The quantitative estimate of drug-likeness (QED) is 0.209. The zero-order valence-corrected chi connectivity index (χ0v) is 23.5. The predicted octanol–water partition coefficient (Wildman–Crippen LogP) is 10.5. The Kier molecular flexibility index (Phi) is 5.27. The molecule has 204 valence electrons. The van der Waals surface area contributed by atoms with Gasteiger partial charge in [0, 0.05) is 29.3 Å². The third kappa shape index (κ3) is 3.86. The molecular formula is C36H22N4O2S. The lowest BCUT2D eigenvalue weighted by atomic mass is 10.1. The SMILES string of the molecule is c1ccc2c(c1)Oc1ccccc1N2c1cc(-c2nc3ccncc3s2)cc(N2c3ccccc3Oc3ccccc32)c1. The van der Waals surface area contributed by atoms with Crippen molar-refractivity contribution in [1.82, 2.24) is 9.97 Å². The van der Waals surface area contributed by atoms with Crippen LogP contribution in [-0.4, -0.2) is 9.97 Å². The Morgan fingerprint density at radius 3 is 1.47 bits per heavy atom. The Morgan fingerprint density at radius 2 is 1.00 bits per heavy atom. The molecule has 0 radical (unpaired) electrons. The standard InChI is InChI=1S/C36H22N4O2S/c1-5-13-31-27(9-1)39(28-10-2-6-14-32(28)41-31)24-19-23(36-38-26-17-18-37-22-35(26)43-36)20-25(21-24)40-29-11-3-7-15-33(29)42-34-16-8-4-12-30(34)40/h1-22H. The molecule has 0 spiro atoms. The number of hydrogen-bond acceptors (Lipinski definition) is 7. The molecule has 2 aromatic heterocycles. The molecule has 0 bridgehead atoms. The molecule has 5 aromatic carbocycles. The van der Waals surface area contributed by atoms with Gasteiger partial charge in [-0.15, -0.1) is 11.3 Å².